The molecule has 106 valence electrons. The lowest BCUT2D eigenvalue weighted by Gasteiger charge is -2.21. The van der Waals surface area contributed by atoms with Crippen LogP contribution in [0.4, 0.5) is 0 Å². The molecule has 1 fully saturated rings. The zero-order valence-corrected chi connectivity index (χ0v) is 12.5. The van der Waals surface area contributed by atoms with Crippen molar-refractivity contribution in [3.05, 3.63) is 29.8 Å². The number of benzene rings is 1. The summed E-state index contributed by atoms with van der Waals surface area (Å²) in [4.78, 5) is 0. The minimum Gasteiger partial charge on any atom is -0.491 e. The molecule has 1 saturated carbocycles. The van der Waals surface area contributed by atoms with Gasteiger partial charge in [0.2, 0.25) is 0 Å². The van der Waals surface area contributed by atoms with Gasteiger partial charge in [-0.25, -0.2) is 0 Å². The van der Waals surface area contributed by atoms with Crippen LogP contribution in [-0.4, -0.2) is 18.7 Å². The molecule has 2 atom stereocenters. The summed E-state index contributed by atoms with van der Waals surface area (Å²) in [6, 6.07) is 9.38. The highest BCUT2D eigenvalue weighted by atomic mass is 16.5. The fraction of sp³-hybridized carbons (Fsp3) is 0.647. The third-order valence-corrected chi connectivity index (χ3v) is 3.85. The van der Waals surface area contributed by atoms with E-state index in [0.717, 1.165) is 12.3 Å². The Kier molecular flexibility index (Phi) is 5.26. The molecule has 1 aliphatic rings. The topological polar surface area (TPSA) is 21.3 Å². The molecule has 1 N–H and O–H groups in total. The van der Waals surface area contributed by atoms with E-state index in [1.807, 2.05) is 0 Å². The maximum absolute atomic E-state index is 5.71. The van der Waals surface area contributed by atoms with Crippen LogP contribution in [0.3, 0.4) is 0 Å². The SMILES string of the molecule is CCCNC1CCCC1c1ccc(OC(C)C)cc1. The van der Waals surface area contributed by atoms with Crippen LogP contribution < -0.4 is 10.1 Å². The summed E-state index contributed by atoms with van der Waals surface area (Å²) in [6.07, 6.45) is 5.43. The molecule has 0 aliphatic heterocycles. The predicted molar refractivity (Wildman–Crippen MR) is 80.9 cm³/mol. The molecule has 0 radical (unpaired) electrons. The number of rotatable bonds is 6. The molecule has 0 spiro atoms. The zero-order valence-electron chi connectivity index (χ0n) is 12.5. The summed E-state index contributed by atoms with van der Waals surface area (Å²) < 4.78 is 5.71. The number of hydrogen-bond donors (Lipinski definition) is 1. The quantitative estimate of drug-likeness (QED) is 0.832. The van der Waals surface area contributed by atoms with Gasteiger partial charge in [0.05, 0.1) is 6.10 Å². The molecule has 19 heavy (non-hydrogen) atoms. The first-order valence-corrected chi connectivity index (χ1v) is 7.70. The van der Waals surface area contributed by atoms with E-state index < -0.39 is 0 Å². The highest BCUT2D eigenvalue weighted by Crippen LogP contribution is 2.35. The van der Waals surface area contributed by atoms with Crippen LogP contribution in [0.1, 0.15) is 57.9 Å². The van der Waals surface area contributed by atoms with E-state index in [1.54, 1.807) is 0 Å². The van der Waals surface area contributed by atoms with Crippen LogP contribution >= 0.6 is 0 Å². The average Bonchev–Trinajstić information content (AvgIpc) is 2.85. The van der Waals surface area contributed by atoms with Gasteiger partial charge in [0, 0.05) is 6.04 Å². The van der Waals surface area contributed by atoms with Crippen molar-refractivity contribution in [2.75, 3.05) is 6.54 Å². The lowest BCUT2D eigenvalue weighted by Crippen LogP contribution is -2.31. The molecular weight excluding hydrogens is 234 g/mol. The van der Waals surface area contributed by atoms with Crippen LogP contribution in [-0.2, 0) is 0 Å². The Morgan fingerprint density at radius 2 is 1.95 bits per heavy atom. The summed E-state index contributed by atoms with van der Waals surface area (Å²) in [5.41, 5.74) is 1.46. The van der Waals surface area contributed by atoms with Gasteiger partial charge in [0.15, 0.2) is 0 Å². The van der Waals surface area contributed by atoms with Gasteiger partial charge in [-0.2, -0.15) is 0 Å². The Morgan fingerprint density at radius 1 is 1.21 bits per heavy atom. The molecule has 0 saturated heterocycles. The number of hydrogen-bond acceptors (Lipinski definition) is 2. The molecule has 1 aromatic carbocycles. The van der Waals surface area contributed by atoms with E-state index in [2.05, 4.69) is 50.4 Å². The number of nitrogens with one attached hydrogen (secondary N) is 1. The molecule has 0 heterocycles. The average molecular weight is 261 g/mol. The van der Waals surface area contributed by atoms with Crippen molar-refractivity contribution in [2.24, 2.45) is 0 Å². The van der Waals surface area contributed by atoms with Crippen LogP contribution in [0, 0.1) is 0 Å². The van der Waals surface area contributed by atoms with Crippen LogP contribution in [0.2, 0.25) is 0 Å². The molecule has 1 aliphatic carbocycles. The van der Waals surface area contributed by atoms with E-state index in [9.17, 15) is 0 Å². The van der Waals surface area contributed by atoms with Gasteiger partial charge in [-0.3, -0.25) is 0 Å². The van der Waals surface area contributed by atoms with E-state index in [1.165, 1.54) is 31.2 Å². The second kappa shape index (κ2) is 6.95. The van der Waals surface area contributed by atoms with E-state index in [-0.39, 0.29) is 6.10 Å². The van der Waals surface area contributed by atoms with Crippen molar-refractivity contribution in [3.63, 3.8) is 0 Å². The largest absolute Gasteiger partial charge is 0.491 e. The maximum atomic E-state index is 5.71. The fourth-order valence-electron chi connectivity index (χ4n) is 3.00. The summed E-state index contributed by atoms with van der Waals surface area (Å²) in [7, 11) is 0. The lowest BCUT2D eigenvalue weighted by molar-refractivity contribution is 0.242. The molecule has 2 rings (SSSR count). The Balaban J connectivity index is 2.00. The van der Waals surface area contributed by atoms with E-state index in [0.29, 0.717) is 12.0 Å². The lowest BCUT2D eigenvalue weighted by atomic mass is 9.94. The molecule has 2 unspecified atom stereocenters. The summed E-state index contributed by atoms with van der Waals surface area (Å²) in [5.74, 6) is 1.66. The molecule has 0 bridgehead atoms. The highest BCUT2D eigenvalue weighted by Gasteiger charge is 2.27. The van der Waals surface area contributed by atoms with Crippen LogP contribution in [0.25, 0.3) is 0 Å². The Bertz CT molecular complexity index is 371. The van der Waals surface area contributed by atoms with E-state index in [4.69, 9.17) is 4.74 Å². The summed E-state index contributed by atoms with van der Waals surface area (Å²) >= 11 is 0. The van der Waals surface area contributed by atoms with Gasteiger partial charge < -0.3 is 10.1 Å². The zero-order chi connectivity index (χ0) is 13.7. The van der Waals surface area contributed by atoms with Crippen LogP contribution in [0.15, 0.2) is 24.3 Å². The number of ether oxygens (including phenoxy) is 1. The second-order valence-corrected chi connectivity index (χ2v) is 5.83. The van der Waals surface area contributed by atoms with Crippen LogP contribution in [0.5, 0.6) is 5.75 Å². The fourth-order valence-corrected chi connectivity index (χ4v) is 3.00. The molecule has 0 aromatic heterocycles. The van der Waals surface area contributed by atoms with Gasteiger partial charge >= 0.3 is 0 Å². The Hall–Kier alpha value is -1.02. The van der Waals surface area contributed by atoms with Crippen molar-refractivity contribution >= 4 is 0 Å². The first kappa shape index (κ1) is 14.4. The molecule has 2 nitrogen and oxygen atoms in total. The van der Waals surface area contributed by atoms with Gasteiger partial charge in [-0.05, 0) is 63.3 Å². The van der Waals surface area contributed by atoms with Crippen molar-refractivity contribution in [1.29, 1.82) is 0 Å². The second-order valence-electron chi connectivity index (χ2n) is 5.83. The van der Waals surface area contributed by atoms with Crippen molar-refractivity contribution in [1.82, 2.24) is 5.32 Å². The minimum absolute atomic E-state index is 0.247. The highest BCUT2D eigenvalue weighted by molar-refractivity contribution is 5.31. The van der Waals surface area contributed by atoms with Crippen molar-refractivity contribution in [3.8, 4) is 5.75 Å². The normalized spacial score (nSPS) is 22.9. The first-order valence-electron chi connectivity index (χ1n) is 7.70. The Morgan fingerprint density at radius 3 is 2.58 bits per heavy atom. The van der Waals surface area contributed by atoms with Crippen molar-refractivity contribution < 1.29 is 4.74 Å². The molecule has 1 aromatic rings. The third kappa shape index (κ3) is 3.97. The molecule has 0 amide bonds. The van der Waals surface area contributed by atoms with Gasteiger partial charge in [-0.15, -0.1) is 0 Å². The standard InChI is InChI=1S/C17H27NO/c1-4-12-18-17-7-5-6-16(17)14-8-10-15(11-9-14)19-13(2)3/h8-11,13,16-18H,4-7,12H2,1-3H3. The maximum Gasteiger partial charge on any atom is 0.119 e. The monoisotopic (exact) mass is 261 g/mol. The van der Waals surface area contributed by atoms with Crippen molar-refractivity contribution in [2.45, 2.75) is 64.5 Å². The smallest absolute Gasteiger partial charge is 0.119 e. The predicted octanol–water partition coefficient (Wildman–Crippen LogP) is 4.11. The minimum atomic E-state index is 0.247. The van der Waals surface area contributed by atoms with Gasteiger partial charge in [0.25, 0.3) is 0 Å². The third-order valence-electron chi connectivity index (χ3n) is 3.85. The molecular formula is C17H27NO. The Labute approximate surface area is 117 Å². The van der Waals surface area contributed by atoms with E-state index >= 15 is 0 Å². The summed E-state index contributed by atoms with van der Waals surface area (Å²) in [6.45, 7) is 7.50. The van der Waals surface area contributed by atoms with Gasteiger partial charge in [-0.1, -0.05) is 25.5 Å². The summed E-state index contributed by atoms with van der Waals surface area (Å²) in [5, 5.41) is 3.70. The molecule has 2 heteroatoms. The first-order chi connectivity index (χ1) is 9.20. The van der Waals surface area contributed by atoms with Gasteiger partial charge in [0.1, 0.15) is 5.75 Å².